The van der Waals surface area contributed by atoms with Gasteiger partial charge in [-0.3, -0.25) is 9.59 Å². The Morgan fingerprint density at radius 1 is 1.03 bits per heavy atom. The van der Waals surface area contributed by atoms with E-state index in [4.69, 9.17) is 9.15 Å². The van der Waals surface area contributed by atoms with Crippen LogP contribution < -0.4 is 5.32 Å². The SMILES string of the molecule is O=C(NC(=Cc1ccco1)C(=O)N1CCOC(c2ccccc2F)C1)c1ccccc1. The summed E-state index contributed by atoms with van der Waals surface area (Å²) in [6.07, 6.45) is 2.38. The highest BCUT2D eigenvalue weighted by Gasteiger charge is 2.29. The molecule has 1 aliphatic heterocycles. The average molecular weight is 420 g/mol. The number of benzene rings is 2. The van der Waals surface area contributed by atoms with Crippen LogP contribution in [0.5, 0.6) is 0 Å². The fraction of sp³-hybridized carbons (Fsp3) is 0.167. The quantitative estimate of drug-likeness (QED) is 0.638. The van der Waals surface area contributed by atoms with Crippen molar-refractivity contribution in [3.05, 3.63) is 101 Å². The lowest BCUT2D eigenvalue weighted by Gasteiger charge is -2.33. The standard InChI is InChI=1S/C24H21FN2O4/c25-20-11-5-4-10-19(20)22-16-27(12-14-31-22)24(29)21(15-18-9-6-13-30-18)26-23(28)17-7-2-1-3-8-17/h1-11,13,15,22H,12,14,16H2,(H,26,28). The molecule has 0 bridgehead atoms. The Morgan fingerprint density at radius 2 is 1.81 bits per heavy atom. The molecular formula is C24H21FN2O4. The van der Waals surface area contributed by atoms with Crippen LogP contribution in [0.3, 0.4) is 0 Å². The number of nitrogens with zero attached hydrogens (tertiary/aromatic N) is 1. The van der Waals surface area contributed by atoms with E-state index in [2.05, 4.69) is 5.32 Å². The third-order valence-electron chi connectivity index (χ3n) is 4.95. The molecule has 2 amide bonds. The fourth-order valence-electron chi connectivity index (χ4n) is 3.38. The minimum atomic E-state index is -0.589. The molecule has 1 N–H and O–H groups in total. The van der Waals surface area contributed by atoms with Crippen LogP contribution in [-0.2, 0) is 9.53 Å². The number of halogens is 1. The number of nitrogens with one attached hydrogen (secondary N) is 1. The van der Waals surface area contributed by atoms with Gasteiger partial charge in [-0.25, -0.2) is 4.39 Å². The zero-order chi connectivity index (χ0) is 21.6. The monoisotopic (exact) mass is 420 g/mol. The van der Waals surface area contributed by atoms with Gasteiger partial charge >= 0.3 is 0 Å². The molecule has 2 aromatic carbocycles. The zero-order valence-corrected chi connectivity index (χ0v) is 16.7. The lowest BCUT2D eigenvalue weighted by Crippen LogP contribution is -2.45. The van der Waals surface area contributed by atoms with E-state index in [0.717, 1.165) is 0 Å². The van der Waals surface area contributed by atoms with E-state index in [-0.39, 0.29) is 24.7 Å². The van der Waals surface area contributed by atoms with Crippen LogP contribution in [0, 0.1) is 5.82 Å². The minimum Gasteiger partial charge on any atom is -0.465 e. The topological polar surface area (TPSA) is 71.8 Å². The van der Waals surface area contributed by atoms with Crippen molar-refractivity contribution in [1.29, 1.82) is 0 Å². The lowest BCUT2D eigenvalue weighted by molar-refractivity contribution is -0.135. The van der Waals surface area contributed by atoms with Crippen LogP contribution in [0.15, 0.2) is 83.1 Å². The van der Waals surface area contributed by atoms with Crippen LogP contribution in [0.2, 0.25) is 0 Å². The number of hydrogen-bond acceptors (Lipinski definition) is 4. The Bertz CT molecular complexity index is 1080. The molecule has 3 aromatic rings. The van der Waals surface area contributed by atoms with Crippen molar-refractivity contribution in [2.24, 2.45) is 0 Å². The molecule has 6 nitrogen and oxygen atoms in total. The number of morpholine rings is 1. The molecule has 0 radical (unpaired) electrons. The van der Waals surface area contributed by atoms with Gasteiger partial charge in [0.1, 0.15) is 23.4 Å². The maximum absolute atomic E-state index is 14.2. The van der Waals surface area contributed by atoms with Gasteiger partial charge in [-0.1, -0.05) is 36.4 Å². The molecule has 158 valence electrons. The van der Waals surface area contributed by atoms with Gasteiger partial charge < -0.3 is 19.4 Å². The van der Waals surface area contributed by atoms with Crippen molar-refractivity contribution >= 4 is 17.9 Å². The largest absolute Gasteiger partial charge is 0.465 e. The summed E-state index contributed by atoms with van der Waals surface area (Å²) < 4.78 is 25.2. The molecule has 0 saturated carbocycles. The lowest BCUT2D eigenvalue weighted by atomic mass is 10.1. The highest BCUT2D eigenvalue weighted by Crippen LogP contribution is 2.25. The van der Waals surface area contributed by atoms with Gasteiger partial charge in [0, 0.05) is 23.7 Å². The Labute approximate surface area is 178 Å². The van der Waals surface area contributed by atoms with Crippen LogP contribution in [-0.4, -0.2) is 36.4 Å². The molecule has 1 unspecified atom stereocenters. The molecular weight excluding hydrogens is 399 g/mol. The van der Waals surface area contributed by atoms with Crippen LogP contribution >= 0.6 is 0 Å². The summed E-state index contributed by atoms with van der Waals surface area (Å²) in [4.78, 5) is 27.5. The number of furan rings is 1. The molecule has 0 aliphatic carbocycles. The van der Waals surface area contributed by atoms with E-state index in [9.17, 15) is 14.0 Å². The second-order valence-electron chi connectivity index (χ2n) is 7.03. The van der Waals surface area contributed by atoms with Gasteiger partial charge in [0.2, 0.25) is 0 Å². The first-order valence-corrected chi connectivity index (χ1v) is 9.89. The Kier molecular flexibility index (Phi) is 6.24. The Hall–Kier alpha value is -3.71. The van der Waals surface area contributed by atoms with Gasteiger partial charge in [-0.05, 0) is 30.3 Å². The third-order valence-corrected chi connectivity index (χ3v) is 4.95. The molecule has 7 heteroatoms. The minimum absolute atomic E-state index is 0.0676. The number of carbonyl (C=O) groups excluding carboxylic acids is 2. The van der Waals surface area contributed by atoms with E-state index in [1.54, 1.807) is 65.6 Å². The summed E-state index contributed by atoms with van der Waals surface area (Å²) in [6, 6.07) is 18.3. The number of hydrogen-bond donors (Lipinski definition) is 1. The van der Waals surface area contributed by atoms with Crippen molar-refractivity contribution < 1.29 is 23.1 Å². The number of rotatable bonds is 5. The molecule has 1 aliphatic rings. The van der Waals surface area contributed by atoms with Crippen molar-refractivity contribution in [2.75, 3.05) is 19.7 Å². The highest BCUT2D eigenvalue weighted by atomic mass is 19.1. The molecule has 31 heavy (non-hydrogen) atoms. The molecule has 1 aromatic heterocycles. The smallest absolute Gasteiger partial charge is 0.270 e. The van der Waals surface area contributed by atoms with E-state index in [0.29, 0.717) is 23.4 Å². The van der Waals surface area contributed by atoms with Crippen molar-refractivity contribution in [3.8, 4) is 0 Å². The molecule has 1 saturated heterocycles. The first-order valence-electron chi connectivity index (χ1n) is 9.89. The van der Waals surface area contributed by atoms with Gasteiger partial charge in [0.25, 0.3) is 11.8 Å². The maximum Gasteiger partial charge on any atom is 0.270 e. The number of carbonyl (C=O) groups is 2. The van der Waals surface area contributed by atoms with Crippen LogP contribution in [0.4, 0.5) is 4.39 Å². The summed E-state index contributed by atoms with van der Waals surface area (Å²) in [5.41, 5.74) is 0.884. The number of ether oxygens (including phenoxy) is 1. The molecule has 4 rings (SSSR count). The van der Waals surface area contributed by atoms with Crippen LogP contribution in [0.25, 0.3) is 6.08 Å². The predicted molar refractivity (Wildman–Crippen MR) is 112 cm³/mol. The summed E-state index contributed by atoms with van der Waals surface area (Å²) in [5.74, 6) is -0.767. The Morgan fingerprint density at radius 3 is 2.55 bits per heavy atom. The second kappa shape index (κ2) is 9.40. The van der Waals surface area contributed by atoms with Gasteiger partial charge in [-0.15, -0.1) is 0 Å². The van der Waals surface area contributed by atoms with E-state index < -0.39 is 17.9 Å². The second-order valence-corrected chi connectivity index (χ2v) is 7.03. The first-order chi connectivity index (χ1) is 15.1. The zero-order valence-electron chi connectivity index (χ0n) is 16.7. The molecule has 1 fully saturated rings. The van der Waals surface area contributed by atoms with Gasteiger partial charge in [0.05, 0.1) is 19.4 Å². The maximum atomic E-state index is 14.2. The highest BCUT2D eigenvalue weighted by molar-refractivity contribution is 6.05. The van der Waals surface area contributed by atoms with Crippen molar-refractivity contribution in [3.63, 3.8) is 0 Å². The normalized spacial score (nSPS) is 16.7. The molecule has 1 atom stereocenters. The van der Waals surface area contributed by atoms with E-state index in [1.807, 2.05) is 0 Å². The average Bonchev–Trinajstić information content (AvgIpc) is 3.32. The third kappa shape index (κ3) is 4.90. The van der Waals surface area contributed by atoms with E-state index in [1.165, 1.54) is 18.4 Å². The molecule has 0 spiro atoms. The first kappa shape index (κ1) is 20.6. The van der Waals surface area contributed by atoms with Crippen molar-refractivity contribution in [2.45, 2.75) is 6.10 Å². The van der Waals surface area contributed by atoms with Gasteiger partial charge in [-0.2, -0.15) is 0 Å². The Balaban J connectivity index is 1.57. The van der Waals surface area contributed by atoms with Crippen LogP contribution in [0.1, 0.15) is 27.8 Å². The summed E-state index contributed by atoms with van der Waals surface area (Å²) in [6.45, 7) is 0.738. The van der Waals surface area contributed by atoms with Gasteiger partial charge in [0.15, 0.2) is 0 Å². The van der Waals surface area contributed by atoms with E-state index >= 15 is 0 Å². The fourth-order valence-corrected chi connectivity index (χ4v) is 3.38. The number of amides is 2. The van der Waals surface area contributed by atoms with Crippen molar-refractivity contribution in [1.82, 2.24) is 10.2 Å². The predicted octanol–water partition coefficient (Wildman–Crippen LogP) is 3.79. The summed E-state index contributed by atoms with van der Waals surface area (Å²) >= 11 is 0. The summed E-state index contributed by atoms with van der Waals surface area (Å²) in [5, 5.41) is 2.69. The summed E-state index contributed by atoms with van der Waals surface area (Å²) in [7, 11) is 0. The molecule has 2 heterocycles.